The number of likely N-dealkylation sites (N-methyl/N-ethyl adjacent to an activating group) is 1. The molecular weight excluding hydrogens is 888 g/mol. The molecule has 0 rings (SSSR count). The first-order valence-electron chi connectivity index (χ1n) is 28.6. The van der Waals surface area contributed by atoms with Crippen LogP contribution in [0.3, 0.4) is 0 Å². The highest BCUT2D eigenvalue weighted by molar-refractivity contribution is 7.47. The average Bonchev–Trinajstić information content (AvgIpc) is 3.32. The zero-order valence-electron chi connectivity index (χ0n) is 46.0. The lowest BCUT2D eigenvalue weighted by Gasteiger charge is -2.25. The Morgan fingerprint density at radius 3 is 1.30 bits per heavy atom. The molecule has 0 fully saturated rings. The van der Waals surface area contributed by atoms with Gasteiger partial charge in [-0.2, -0.15) is 0 Å². The number of carbonyl (C=O) groups excluding carboxylic acids is 1. The van der Waals surface area contributed by atoms with E-state index < -0.39 is 20.0 Å². The lowest BCUT2D eigenvalue weighted by molar-refractivity contribution is -0.870. The van der Waals surface area contributed by atoms with Gasteiger partial charge >= 0.3 is 7.82 Å². The van der Waals surface area contributed by atoms with Crippen molar-refractivity contribution in [3.63, 3.8) is 0 Å². The van der Waals surface area contributed by atoms with Crippen molar-refractivity contribution in [2.45, 2.75) is 244 Å². The van der Waals surface area contributed by atoms with Crippen LogP contribution < -0.4 is 5.32 Å². The number of nitrogens with one attached hydrogen (secondary N) is 1. The fourth-order valence-electron chi connectivity index (χ4n) is 7.81. The lowest BCUT2D eigenvalue weighted by Crippen LogP contribution is -2.45. The average molecular weight is 999 g/mol. The summed E-state index contributed by atoms with van der Waals surface area (Å²) < 4.78 is 23.6. The Bertz CT molecular complexity index is 1460. The Labute approximate surface area is 432 Å². The van der Waals surface area contributed by atoms with Crippen LogP contribution in [0.5, 0.6) is 0 Å². The van der Waals surface area contributed by atoms with Crippen LogP contribution in [-0.2, 0) is 18.4 Å². The van der Waals surface area contributed by atoms with Crippen molar-refractivity contribution in [3.05, 3.63) is 97.2 Å². The number of carbonyl (C=O) groups is 1. The van der Waals surface area contributed by atoms with E-state index in [1.807, 2.05) is 27.2 Å². The Balaban J connectivity index is 3.95. The summed E-state index contributed by atoms with van der Waals surface area (Å²) in [7, 11) is 1.54. The molecule has 3 N–H and O–H groups in total. The van der Waals surface area contributed by atoms with E-state index in [-0.39, 0.29) is 19.1 Å². The van der Waals surface area contributed by atoms with Gasteiger partial charge in [0.25, 0.3) is 0 Å². The van der Waals surface area contributed by atoms with Gasteiger partial charge in [-0.1, -0.05) is 239 Å². The number of aliphatic hydroxyl groups is 1. The van der Waals surface area contributed by atoms with E-state index in [1.54, 1.807) is 6.08 Å². The highest BCUT2D eigenvalue weighted by Crippen LogP contribution is 2.43. The van der Waals surface area contributed by atoms with Crippen molar-refractivity contribution >= 4 is 13.7 Å². The molecule has 0 aliphatic carbocycles. The molecule has 3 unspecified atom stereocenters. The molecule has 0 aromatic carbocycles. The minimum atomic E-state index is -4.35. The van der Waals surface area contributed by atoms with Crippen LogP contribution >= 0.6 is 7.82 Å². The minimum Gasteiger partial charge on any atom is -0.387 e. The molecule has 0 aromatic heterocycles. The first kappa shape index (κ1) is 67.4. The number of hydrogen-bond acceptors (Lipinski definition) is 5. The molecular formula is C61H110N2O6P+. The first-order chi connectivity index (χ1) is 34.0. The Hall–Kier alpha value is -2.58. The molecule has 3 atom stereocenters. The number of amides is 1. The Morgan fingerprint density at radius 1 is 0.500 bits per heavy atom. The summed E-state index contributed by atoms with van der Waals surface area (Å²) in [6, 6.07) is -0.871. The van der Waals surface area contributed by atoms with E-state index in [9.17, 15) is 19.4 Å². The van der Waals surface area contributed by atoms with Crippen LogP contribution in [0.2, 0.25) is 0 Å². The van der Waals surface area contributed by atoms with E-state index in [4.69, 9.17) is 9.05 Å². The zero-order valence-corrected chi connectivity index (χ0v) is 46.9. The van der Waals surface area contributed by atoms with Crippen molar-refractivity contribution in [1.82, 2.24) is 5.32 Å². The van der Waals surface area contributed by atoms with Crippen molar-refractivity contribution in [3.8, 4) is 0 Å². The number of phosphoric acid groups is 1. The highest BCUT2D eigenvalue weighted by Gasteiger charge is 2.27. The van der Waals surface area contributed by atoms with Gasteiger partial charge < -0.3 is 19.8 Å². The van der Waals surface area contributed by atoms with Crippen LogP contribution in [0.25, 0.3) is 0 Å². The lowest BCUT2D eigenvalue weighted by atomic mass is 10.0. The summed E-state index contributed by atoms with van der Waals surface area (Å²) in [4.78, 5) is 23.2. The Kier molecular flexibility index (Phi) is 49.4. The molecule has 0 saturated carbocycles. The van der Waals surface area contributed by atoms with Gasteiger partial charge in [-0.15, -0.1) is 0 Å². The smallest absolute Gasteiger partial charge is 0.387 e. The summed E-state index contributed by atoms with van der Waals surface area (Å²) in [5.74, 6) is -0.193. The number of quaternary nitrogens is 1. The van der Waals surface area contributed by atoms with Gasteiger partial charge in [-0.05, 0) is 83.5 Å². The molecule has 0 spiro atoms. The van der Waals surface area contributed by atoms with Gasteiger partial charge in [0, 0.05) is 6.42 Å². The normalized spacial score (nSPS) is 14.7. The molecule has 0 radical (unpaired) electrons. The number of hydrogen-bond donors (Lipinski definition) is 3. The maximum absolute atomic E-state index is 12.9. The molecule has 0 bridgehead atoms. The van der Waals surface area contributed by atoms with Crippen LogP contribution in [0.4, 0.5) is 0 Å². The molecule has 0 aliphatic rings. The predicted molar refractivity (Wildman–Crippen MR) is 304 cm³/mol. The first-order valence-corrected chi connectivity index (χ1v) is 30.1. The van der Waals surface area contributed by atoms with Gasteiger partial charge in [-0.3, -0.25) is 13.8 Å². The third kappa shape index (κ3) is 53.2. The molecule has 8 nitrogen and oxygen atoms in total. The Morgan fingerprint density at radius 2 is 0.871 bits per heavy atom. The van der Waals surface area contributed by atoms with Crippen LogP contribution in [0.1, 0.15) is 232 Å². The predicted octanol–water partition coefficient (Wildman–Crippen LogP) is 17.4. The van der Waals surface area contributed by atoms with Crippen LogP contribution in [0.15, 0.2) is 97.2 Å². The van der Waals surface area contributed by atoms with Gasteiger partial charge in [-0.25, -0.2) is 4.57 Å². The number of rotatable bonds is 51. The van der Waals surface area contributed by atoms with E-state index in [1.165, 1.54) is 128 Å². The van der Waals surface area contributed by atoms with Crippen molar-refractivity contribution < 1.29 is 32.9 Å². The number of allylic oxidation sites excluding steroid dienone is 15. The summed E-state index contributed by atoms with van der Waals surface area (Å²) in [5.41, 5.74) is 0. The number of nitrogens with zero attached hydrogens (tertiary/aromatic N) is 1. The molecule has 70 heavy (non-hydrogen) atoms. The maximum atomic E-state index is 12.9. The fraction of sp³-hybridized carbons (Fsp3) is 0.721. The van der Waals surface area contributed by atoms with Gasteiger partial charge in [0.1, 0.15) is 13.2 Å². The van der Waals surface area contributed by atoms with E-state index in [0.29, 0.717) is 17.4 Å². The largest absolute Gasteiger partial charge is 0.472 e. The van der Waals surface area contributed by atoms with E-state index in [0.717, 1.165) is 83.5 Å². The van der Waals surface area contributed by atoms with Crippen molar-refractivity contribution in [1.29, 1.82) is 0 Å². The third-order valence-corrected chi connectivity index (χ3v) is 13.2. The van der Waals surface area contributed by atoms with Gasteiger partial charge in [0.05, 0.1) is 39.9 Å². The standard InChI is InChI=1S/C61H109N2O6P/c1-6-8-10-12-14-16-18-19-20-21-22-23-24-25-26-27-28-29-30-31-32-33-34-35-36-37-38-39-40-41-42-43-45-47-49-51-53-55-61(65)62-59(58-69-70(66,67)68-57-56-63(3,4)5)60(64)54-52-50-48-46-44-17-15-13-11-9-7-2/h8,10-11,13-14,16,19-20,22-23,25-26,44,46,52,54,59-60,64H,6-7,9,12,15,17-18,21,24,27-43,45,47-51,53,55-58H2,1-5H3,(H-,62,65,66,67)/p+1/b10-8-,13-11+,16-14-,20-19-,23-22-,26-25-,46-44+,54-52+. The molecule has 0 heterocycles. The van der Waals surface area contributed by atoms with Gasteiger partial charge in [0.15, 0.2) is 0 Å². The highest BCUT2D eigenvalue weighted by atomic mass is 31.2. The SMILES string of the molecule is CC/C=C\C/C=C\C/C=C\C/C=C\C/C=C\CCCCCCCCCCCCCCCCCCCCCCCC(=O)NC(COP(=O)(O)OCC[N+](C)(C)C)C(O)/C=C/CC/C=C/CC/C=C/CCC. The fourth-order valence-corrected chi connectivity index (χ4v) is 8.55. The molecule has 404 valence electrons. The van der Waals surface area contributed by atoms with Crippen molar-refractivity contribution in [2.75, 3.05) is 40.9 Å². The van der Waals surface area contributed by atoms with Crippen LogP contribution in [0, 0.1) is 0 Å². The third-order valence-electron chi connectivity index (χ3n) is 12.2. The second-order valence-electron chi connectivity index (χ2n) is 20.3. The molecule has 1 amide bonds. The summed E-state index contributed by atoms with van der Waals surface area (Å²) in [5, 5.41) is 13.8. The molecule has 0 saturated heterocycles. The number of aliphatic hydroxyl groups excluding tert-OH is 1. The monoisotopic (exact) mass is 998 g/mol. The molecule has 9 heteroatoms. The summed E-state index contributed by atoms with van der Waals surface area (Å²) in [6.45, 7) is 4.59. The van der Waals surface area contributed by atoms with Crippen LogP contribution in [-0.4, -0.2) is 73.4 Å². The summed E-state index contributed by atoms with van der Waals surface area (Å²) >= 11 is 0. The second-order valence-corrected chi connectivity index (χ2v) is 21.7. The van der Waals surface area contributed by atoms with E-state index in [2.05, 4.69) is 104 Å². The number of unbranched alkanes of at least 4 members (excludes halogenated alkanes) is 24. The number of phosphoric ester groups is 1. The molecule has 0 aliphatic heterocycles. The topological polar surface area (TPSA) is 105 Å². The summed E-state index contributed by atoms with van der Waals surface area (Å²) in [6.07, 6.45) is 74.0. The zero-order chi connectivity index (χ0) is 51.3. The van der Waals surface area contributed by atoms with Crippen molar-refractivity contribution in [2.24, 2.45) is 0 Å². The van der Waals surface area contributed by atoms with E-state index >= 15 is 0 Å². The second kappa shape index (κ2) is 51.3. The minimum absolute atomic E-state index is 0.0511. The quantitative estimate of drug-likeness (QED) is 0.0243. The molecule has 0 aromatic rings. The maximum Gasteiger partial charge on any atom is 0.472 e. The van der Waals surface area contributed by atoms with Gasteiger partial charge in [0.2, 0.25) is 5.91 Å².